The minimum Gasteiger partial charge on any atom is -0.480 e. The molecule has 0 saturated carbocycles. The van der Waals surface area contributed by atoms with E-state index in [1.165, 1.54) is 0 Å². The van der Waals surface area contributed by atoms with Crippen molar-refractivity contribution in [1.82, 2.24) is 5.32 Å². The lowest BCUT2D eigenvalue weighted by molar-refractivity contribution is -0.144. The molecule has 2 N–H and O–H groups in total. The summed E-state index contributed by atoms with van der Waals surface area (Å²) in [6.45, 7) is 4.12. The van der Waals surface area contributed by atoms with Crippen LogP contribution in [0.25, 0.3) is 0 Å². The van der Waals surface area contributed by atoms with Crippen LogP contribution in [-0.4, -0.2) is 34.2 Å². The Kier molecular flexibility index (Phi) is 4.26. The van der Waals surface area contributed by atoms with Gasteiger partial charge in [0, 0.05) is 11.8 Å². The summed E-state index contributed by atoms with van der Waals surface area (Å²) >= 11 is 1.74. The van der Waals surface area contributed by atoms with Crippen LogP contribution in [0.1, 0.15) is 33.1 Å². The van der Waals surface area contributed by atoms with Gasteiger partial charge in [-0.05, 0) is 31.9 Å². The molecule has 1 aliphatic heterocycles. The Morgan fingerprint density at radius 1 is 1.71 bits per heavy atom. The second-order valence-corrected chi connectivity index (χ2v) is 5.10. The maximum Gasteiger partial charge on any atom is 0.324 e. The summed E-state index contributed by atoms with van der Waals surface area (Å²) in [7, 11) is 0. The zero-order chi connectivity index (χ0) is 10.6. The average Bonchev–Trinajstić information content (AvgIpc) is 2.19. The number of carboxylic acids is 1. The summed E-state index contributed by atoms with van der Waals surface area (Å²) in [5.74, 6) is 1.11. The number of thioether (sulfide) groups is 1. The van der Waals surface area contributed by atoms with E-state index in [9.17, 15) is 9.90 Å². The minimum atomic E-state index is -0.690. The van der Waals surface area contributed by atoms with E-state index in [0.717, 1.165) is 25.0 Å². The first-order chi connectivity index (χ1) is 6.60. The molecule has 14 heavy (non-hydrogen) atoms. The van der Waals surface area contributed by atoms with E-state index >= 15 is 0 Å². The number of hydrogen-bond acceptors (Lipinski definition) is 3. The fraction of sp³-hybridized carbons (Fsp3) is 0.900. The molecular formula is C10H19NO2S. The Morgan fingerprint density at radius 3 is 2.86 bits per heavy atom. The van der Waals surface area contributed by atoms with Crippen LogP contribution in [0.3, 0.4) is 0 Å². The van der Waals surface area contributed by atoms with Gasteiger partial charge >= 0.3 is 5.97 Å². The molecule has 0 aromatic carbocycles. The van der Waals surface area contributed by atoms with Crippen molar-refractivity contribution in [3.8, 4) is 0 Å². The molecule has 0 spiro atoms. The van der Waals surface area contributed by atoms with Crippen LogP contribution < -0.4 is 5.32 Å². The molecule has 1 heterocycles. The maximum atomic E-state index is 11.3. The topological polar surface area (TPSA) is 49.3 Å². The highest BCUT2D eigenvalue weighted by Crippen LogP contribution is 2.27. The van der Waals surface area contributed by atoms with Crippen LogP contribution >= 0.6 is 11.8 Å². The third-order valence-corrected chi connectivity index (χ3v) is 4.06. The van der Waals surface area contributed by atoms with Gasteiger partial charge in [0.05, 0.1) is 0 Å². The van der Waals surface area contributed by atoms with Gasteiger partial charge in [0.15, 0.2) is 0 Å². The predicted octanol–water partition coefficient (Wildman–Crippen LogP) is 1.72. The smallest absolute Gasteiger partial charge is 0.324 e. The summed E-state index contributed by atoms with van der Waals surface area (Å²) in [5.41, 5.74) is -0.668. The number of nitrogens with one attached hydrogen (secondary N) is 1. The second kappa shape index (κ2) is 5.03. The van der Waals surface area contributed by atoms with Crippen molar-refractivity contribution < 1.29 is 9.90 Å². The zero-order valence-corrected chi connectivity index (χ0v) is 9.69. The van der Waals surface area contributed by atoms with Crippen molar-refractivity contribution in [2.45, 2.75) is 44.7 Å². The number of aliphatic carboxylic acids is 1. The monoisotopic (exact) mass is 217 g/mol. The van der Waals surface area contributed by atoms with Crippen LogP contribution in [0.5, 0.6) is 0 Å². The molecule has 1 rings (SSSR count). The molecular weight excluding hydrogens is 198 g/mol. The lowest BCUT2D eigenvalue weighted by atomic mass is 9.94. The molecule has 2 unspecified atom stereocenters. The quantitative estimate of drug-likeness (QED) is 0.753. The van der Waals surface area contributed by atoms with Gasteiger partial charge in [-0.25, -0.2) is 0 Å². The standard InChI is InChI=1S/C10H19NO2S/c1-3-8(2)11-10(9(12)13)5-4-6-14-7-10/h8,11H,3-7H2,1-2H3,(H,12,13). The summed E-state index contributed by atoms with van der Waals surface area (Å²) in [6, 6.07) is 0.282. The molecule has 0 bridgehead atoms. The number of carbonyl (C=O) groups is 1. The molecule has 0 aromatic heterocycles. The van der Waals surface area contributed by atoms with Gasteiger partial charge < -0.3 is 5.11 Å². The number of carboxylic acid groups (broad SMARTS) is 1. The Balaban J connectivity index is 2.65. The van der Waals surface area contributed by atoms with E-state index in [4.69, 9.17) is 0 Å². The van der Waals surface area contributed by atoms with Crippen molar-refractivity contribution in [1.29, 1.82) is 0 Å². The lowest BCUT2D eigenvalue weighted by Crippen LogP contribution is -2.58. The fourth-order valence-electron chi connectivity index (χ4n) is 1.71. The molecule has 4 heteroatoms. The summed E-state index contributed by atoms with van der Waals surface area (Å²) in [4.78, 5) is 11.3. The third kappa shape index (κ3) is 2.64. The first kappa shape index (κ1) is 11.9. The van der Waals surface area contributed by atoms with Gasteiger partial charge in [-0.15, -0.1) is 0 Å². The van der Waals surface area contributed by atoms with Crippen LogP contribution in [-0.2, 0) is 4.79 Å². The van der Waals surface area contributed by atoms with Crippen LogP contribution in [0.4, 0.5) is 0 Å². The second-order valence-electron chi connectivity index (χ2n) is 4.00. The van der Waals surface area contributed by atoms with E-state index in [0.29, 0.717) is 5.75 Å². The largest absolute Gasteiger partial charge is 0.480 e. The average molecular weight is 217 g/mol. The normalized spacial score (nSPS) is 29.9. The van der Waals surface area contributed by atoms with Crippen molar-refractivity contribution in [3.63, 3.8) is 0 Å². The first-order valence-corrected chi connectivity index (χ1v) is 6.35. The van der Waals surface area contributed by atoms with Gasteiger partial charge in [0.25, 0.3) is 0 Å². The Bertz CT molecular complexity index is 202. The highest BCUT2D eigenvalue weighted by atomic mass is 32.2. The van der Waals surface area contributed by atoms with Gasteiger partial charge in [-0.2, -0.15) is 11.8 Å². The highest BCUT2D eigenvalue weighted by molar-refractivity contribution is 7.99. The van der Waals surface area contributed by atoms with Crippen LogP contribution in [0, 0.1) is 0 Å². The zero-order valence-electron chi connectivity index (χ0n) is 8.88. The van der Waals surface area contributed by atoms with E-state index < -0.39 is 11.5 Å². The summed E-state index contributed by atoms with van der Waals surface area (Å²) in [6.07, 6.45) is 2.74. The van der Waals surface area contributed by atoms with E-state index in [1.54, 1.807) is 11.8 Å². The number of hydrogen-bond donors (Lipinski definition) is 2. The molecule has 2 atom stereocenters. The molecule has 3 nitrogen and oxygen atoms in total. The molecule has 0 radical (unpaired) electrons. The van der Waals surface area contributed by atoms with Crippen molar-refractivity contribution in [3.05, 3.63) is 0 Å². The van der Waals surface area contributed by atoms with Gasteiger partial charge in [-0.3, -0.25) is 10.1 Å². The molecule has 1 saturated heterocycles. The maximum absolute atomic E-state index is 11.3. The molecule has 0 aliphatic carbocycles. The fourth-order valence-corrected chi connectivity index (χ4v) is 2.90. The molecule has 82 valence electrons. The predicted molar refractivity (Wildman–Crippen MR) is 59.8 cm³/mol. The van der Waals surface area contributed by atoms with Crippen molar-refractivity contribution in [2.75, 3.05) is 11.5 Å². The molecule has 0 amide bonds. The summed E-state index contributed by atoms with van der Waals surface area (Å²) < 4.78 is 0. The third-order valence-electron chi connectivity index (χ3n) is 2.79. The minimum absolute atomic E-state index is 0.282. The Labute approximate surface area is 89.6 Å². The van der Waals surface area contributed by atoms with Gasteiger partial charge in [0.1, 0.15) is 5.54 Å². The van der Waals surface area contributed by atoms with E-state index in [2.05, 4.69) is 12.2 Å². The molecule has 1 fully saturated rings. The Morgan fingerprint density at radius 2 is 2.43 bits per heavy atom. The van der Waals surface area contributed by atoms with Crippen LogP contribution in [0.15, 0.2) is 0 Å². The van der Waals surface area contributed by atoms with Crippen molar-refractivity contribution >= 4 is 17.7 Å². The highest BCUT2D eigenvalue weighted by Gasteiger charge is 2.40. The summed E-state index contributed by atoms with van der Waals surface area (Å²) in [5, 5.41) is 12.5. The van der Waals surface area contributed by atoms with E-state index in [-0.39, 0.29) is 6.04 Å². The van der Waals surface area contributed by atoms with E-state index in [1.807, 2.05) is 6.92 Å². The Hall–Kier alpha value is -0.220. The van der Waals surface area contributed by atoms with Crippen molar-refractivity contribution in [2.24, 2.45) is 0 Å². The molecule has 0 aromatic rings. The van der Waals surface area contributed by atoms with Gasteiger partial charge in [0.2, 0.25) is 0 Å². The van der Waals surface area contributed by atoms with Crippen LogP contribution in [0.2, 0.25) is 0 Å². The lowest BCUT2D eigenvalue weighted by Gasteiger charge is -2.36. The van der Waals surface area contributed by atoms with Gasteiger partial charge in [-0.1, -0.05) is 6.92 Å². The molecule has 1 aliphatic rings. The first-order valence-electron chi connectivity index (χ1n) is 5.19. The SMILES string of the molecule is CCC(C)NC1(C(=O)O)CCCSC1. The number of rotatable bonds is 4.